The molecule has 0 radical (unpaired) electrons. The van der Waals surface area contributed by atoms with Gasteiger partial charge in [0.05, 0.1) is 0 Å². The third-order valence-electron chi connectivity index (χ3n) is 5.85. The lowest BCUT2D eigenvalue weighted by Gasteiger charge is -2.20. The molecule has 8 heteroatoms. The molecule has 0 spiro atoms. The summed E-state index contributed by atoms with van der Waals surface area (Å²) in [5.74, 6) is 0.152. The molecule has 8 nitrogen and oxygen atoms in total. The zero-order valence-corrected chi connectivity index (χ0v) is 24.5. The number of benzene rings is 1. The van der Waals surface area contributed by atoms with Crippen LogP contribution in [0.5, 0.6) is 0 Å². The van der Waals surface area contributed by atoms with E-state index >= 15 is 0 Å². The van der Waals surface area contributed by atoms with Crippen LogP contribution in [0.25, 0.3) is 0 Å². The number of nitrogens with one attached hydrogen (secondary N) is 2. The Kier molecular flexibility index (Phi) is 15.0. The predicted octanol–water partition coefficient (Wildman–Crippen LogP) is 5.15. The Hall–Kier alpha value is -2.58. The van der Waals surface area contributed by atoms with Crippen molar-refractivity contribution in [3.8, 4) is 0 Å². The lowest BCUT2D eigenvalue weighted by molar-refractivity contribution is -0.138. The Balaban J connectivity index is 2.72. The van der Waals surface area contributed by atoms with Gasteiger partial charge in [-0.05, 0) is 55.1 Å². The molecule has 1 aromatic rings. The van der Waals surface area contributed by atoms with E-state index in [1.807, 2.05) is 41.5 Å². The molecule has 0 bridgehead atoms. The fraction of sp³-hybridized carbons (Fsp3) is 0.667. The summed E-state index contributed by atoms with van der Waals surface area (Å²) in [7, 11) is 0. The van der Waals surface area contributed by atoms with Crippen molar-refractivity contribution in [1.82, 2.24) is 10.8 Å². The van der Waals surface area contributed by atoms with Crippen molar-refractivity contribution in [2.24, 2.45) is 23.7 Å². The number of amides is 2. The normalized spacial score (nSPS) is 13.2. The number of hydrogen-bond donors (Lipinski definition) is 2. The summed E-state index contributed by atoms with van der Waals surface area (Å²) in [6.07, 6.45) is 0.839. The van der Waals surface area contributed by atoms with Crippen molar-refractivity contribution >= 4 is 23.4 Å². The summed E-state index contributed by atoms with van der Waals surface area (Å²) in [4.78, 5) is 55.8. The molecule has 0 aliphatic rings. The average molecular weight is 533 g/mol. The van der Waals surface area contributed by atoms with E-state index in [0.29, 0.717) is 43.2 Å². The summed E-state index contributed by atoms with van der Waals surface area (Å²) in [5.41, 5.74) is 3.03. The molecule has 2 atom stereocenters. The average Bonchev–Trinajstić information content (AvgIpc) is 2.85. The molecule has 1 aromatic carbocycles. The third-order valence-corrected chi connectivity index (χ3v) is 5.85. The molecule has 2 N–H and O–H groups in total. The first-order valence-electron chi connectivity index (χ1n) is 13.8. The predicted molar refractivity (Wildman–Crippen MR) is 149 cm³/mol. The number of hydroxylamine groups is 1. The minimum absolute atomic E-state index is 0.0286. The summed E-state index contributed by atoms with van der Waals surface area (Å²) in [6.45, 7) is 16.4. The quantitative estimate of drug-likeness (QED) is 0.200. The first kappa shape index (κ1) is 33.4. The molecule has 0 saturated heterocycles. The molecule has 38 heavy (non-hydrogen) atoms. The van der Waals surface area contributed by atoms with Crippen molar-refractivity contribution in [1.29, 1.82) is 0 Å². The largest absolute Gasteiger partial charge is 0.362 e. The maximum atomic E-state index is 12.7. The zero-order valence-electron chi connectivity index (χ0n) is 24.5. The van der Waals surface area contributed by atoms with Gasteiger partial charge in [0.15, 0.2) is 17.7 Å². The SMILES string of the molecule is CC(C)CCC(=O)[C@@H](CC(C)C)OCC(=O)c1ccc(C(=O)NO[C@H](CC(C)C)C(=O)NCC(C)C)cc1. The molecular formula is C30H48N2O6. The van der Waals surface area contributed by atoms with Gasteiger partial charge >= 0.3 is 0 Å². The van der Waals surface area contributed by atoms with Crippen molar-refractivity contribution in [2.45, 2.75) is 93.3 Å². The first-order valence-corrected chi connectivity index (χ1v) is 13.8. The molecule has 214 valence electrons. The van der Waals surface area contributed by atoms with Gasteiger partial charge < -0.3 is 10.1 Å². The van der Waals surface area contributed by atoms with Crippen molar-refractivity contribution in [2.75, 3.05) is 13.2 Å². The number of carbonyl (C=O) groups is 4. The zero-order chi connectivity index (χ0) is 28.8. The van der Waals surface area contributed by atoms with E-state index in [0.717, 1.165) is 6.42 Å². The molecule has 2 amide bonds. The van der Waals surface area contributed by atoms with E-state index in [1.54, 1.807) is 12.1 Å². The van der Waals surface area contributed by atoms with Gasteiger partial charge in [0.2, 0.25) is 0 Å². The molecular weight excluding hydrogens is 484 g/mol. The minimum atomic E-state index is -0.808. The lowest BCUT2D eigenvalue weighted by atomic mass is 9.97. The number of rotatable bonds is 18. The molecule has 0 aliphatic carbocycles. The summed E-state index contributed by atoms with van der Waals surface area (Å²) < 4.78 is 5.76. The van der Waals surface area contributed by atoms with E-state index in [1.165, 1.54) is 12.1 Å². The Morgan fingerprint density at radius 1 is 0.737 bits per heavy atom. The van der Waals surface area contributed by atoms with Crippen molar-refractivity contribution < 1.29 is 28.8 Å². The molecule has 0 heterocycles. The fourth-order valence-corrected chi connectivity index (χ4v) is 3.62. The second kappa shape index (κ2) is 17.1. The minimum Gasteiger partial charge on any atom is -0.362 e. The molecule has 0 fully saturated rings. The third kappa shape index (κ3) is 13.3. The van der Waals surface area contributed by atoms with Crippen LogP contribution in [0.3, 0.4) is 0 Å². The standard InChI is InChI=1S/C30H48N2O6/c1-19(2)9-14-25(33)27(15-20(3)4)37-18-26(34)23-10-12-24(13-11-23)29(35)32-38-28(16-21(5)6)30(36)31-17-22(7)8/h10-13,19-22,27-28H,9,14-18H2,1-8H3,(H,31,36)(H,32,35)/t27-,28-/m1/s1. The molecule has 0 saturated carbocycles. The Morgan fingerprint density at radius 2 is 1.29 bits per heavy atom. The van der Waals surface area contributed by atoms with E-state index in [2.05, 4.69) is 24.6 Å². The van der Waals surface area contributed by atoms with Crippen LogP contribution in [0.2, 0.25) is 0 Å². The number of ketones is 2. The topological polar surface area (TPSA) is 111 Å². The highest BCUT2D eigenvalue weighted by atomic mass is 16.7. The van der Waals surface area contributed by atoms with E-state index in [-0.39, 0.29) is 41.5 Å². The highest BCUT2D eigenvalue weighted by molar-refractivity contribution is 5.99. The number of ether oxygens (including phenoxy) is 1. The number of Topliss-reactive ketones (excluding diaryl/α,β-unsaturated/α-hetero) is 2. The van der Waals surface area contributed by atoms with Crippen molar-refractivity contribution in [3.05, 3.63) is 35.4 Å². The molecule has 0 unspecified atom stereocenters. The molecule has 1 rings (SSSR count). The lowest BCUT2D eigenvalue weighted by Crippen LogP contribution is -2.42. The van der Waals surface area contributed by atoms with Gasteiger partial charge in [0.1, 0.15) is 12.7 Å². The Bertz CT molecular complexity index is 820. The first-order chi connectivity index (χ1) is 17.8. The molecule has 0 aliphatic heterocycles. The second-order valence-corrected chi connectivity index (χ2v) is 11.6. The van der Waals surface area contributed by atoms with Gasteiger partial charge in [-0.3, -0.25) is 24.0 Å². The van der Waals surface area contributed by atoms with Gasteiger partial charge in [-0.1, -0.05) is 67.5 Å². The van der Waals surface area contributed by atoms with Gasteiger partial charge in [-0.2, -0.15) is 0 Å². The van der Waals surface area contributed by atoms with Crippen LogP contribution in [-0.4, -0.2) is 48.7 Å². The summed E-state index contributed by atoms with van der Waals surface area (Å²) >= 11 is 0. The smallest absolute Gasteiger partial charge is 0.274 e. The second-order valence-electron chi connectivity index (χ2n) is 11.6. The monoisotopic (exact) mass is 532 g/mol. The number of carbonyl (C=O) groups excluding carboxylic acids is 4. The van der Waals surface area contributed by atoms with Crippen molar-refractivity contribution in [3.63, 3.8) is 0 Å². The van der Waals surface area contributed by atoms with Gasteiger partial charge in [-0.15, -0.1) is 0 Å². The van der Waals surface area contributed by atoms with E-state index in [9.17, 15) is 19.2 Å². The van der Waals surface area contributed by atoms with Gasteiger partial charge in [-0.25, -0.2) is 5.48 Å². The summed E-state index contributed by atoms with van der Waals surface area (Å²) in [6, 6.07) is 6.11. The highest BCUT2D eigenvalue weighted by Crippen LogP contribution is 2.16. The Morgan fingerprint density at radius 3 is 1.82 bits per heavy atom. The summed E-state index contributed by atoms with van der Waals surface area (Å²) in [5, 5.41) is 2.83. The Labute approximate surface area is 228 Å². The maximum absolute atomic E-state index is 12.7. The van der Waals surface area contributed by atoms with Crippen LogP contribution in [-0.2, 0) is 19.2 Å². The van der Waals surface area contributed by atoms with Crippen LogP contribution in [0.15, 0.2) is 24.3 Å². The molecule has 0 aromatic heterocycles. The van der Waals surface area contributed by atoms with Crippen LogP contribution in [0.1, 0.15) is 102 Å². The van der Waals surface area contributed by atoms with Crippen LogP contribution >= 0.6 is 0 Å². The van der Waals surface area contributed by atoms with Gasteiger partial charge in [0, 0.05) is 24.1 Å². The van der Waals surface area contributed by atoms with Crippen LogP contribution < -0.4 is 10.8 Å². The van der Waals surface area contributed by atoms with E-state index < -0.39 is 18.1 Å². The van der Waals surface area contributed by atoms with Crippen LogP contribution in [0.4, 0.5) is 0 Å². The van der Waals surface area contributed by atoms with Gasteiger partial charge in [0.25, 0.3) is 11.8 Å². The van der Waals surface area contributed by atoms with Crippen LogP contribution in [0, 0.1) is 23.7 Å². The number of hydrogen-bond acceptors (Lipinski definition) is 6. The maximum Gasteiger partial charge on any atom is 0.274 e. The van der Waals surface area contributed by atoms with E-state index in [4.69, 9.17) is 9.57 Å². The fourth-order valence-electron chi connectivity index (χ4n) is 3.62. The highest BCUT2D eigenvalue weighted by Gasteiger charge is 2.24.